The Bertz CT molecular complexity index is 828. The molecule has 4 N–H and O–H groups in total. The number of nitrogens with zero attached hydrogens (tertiary/aromatic N) is 2. The minimum Gasteiger partial charge on any atom is -0.340 e. The Labute approximate surface area is 131 Å². The summed E-state index contributed by atoms with van der Waals surface area (Å²) in [5, 5.41) is 13.2. The molecule has 6 heteroatoms. The predicted molar refractivity (Wildman–Crippen MR) is 89.5 cm³/mol. The lowest BCUT2D eigenvalue weighted by atomic mass is 10.2. The number of benzene rings is 2. The van der Waals surface area contributed by atoms with Crippen molar-refractivity contribution >= 4 is 32.8 Å². The second-order valence-corrected chi connectivity index (χ2v) is 5.51. The SMILES string of the molecule is N#C/C(=C(/NN)Nc1ccccc1)c1nc2ccccc2s1. The number of nitrogens with two attached hydrogens (primary N) is 1. The highest BCUT2D eigenvalue weighted by molar-refractivity contribution is 7.19. The Morgan fingerprint density at radius 2 is 1.82 bits per heavy atom. The van der Waals surface area contributed by atoms with Crippen LogP contribution in [0.2, 0.25) is 0 Å². The highest BCUT2D eigenvalue weighted by Crippen LogP contribution is 2.28. The van der Waals surface area contributed by atoms with Crippen LogP contribution >= 0.6 is 11.3 Å². The predicted octanol–water partition coefficient (Wildman–Crippen LogP) is 3.06. The van der Waals surface area contributed by atoms with Crippen LogP contribution in [0.1, 0.15) is 5.01 Å². The second kappa shape index (κ2) is 6.26. The topological polar surface area (TPSA) is 86.8 Å². The standard InChI is InChI=1S/C16H13N5S/c17-10-12(15(21-18)19-11-6-2-1-3-7-11)16-20-13-8-4-5-9-14(13)22-16/h1-9,19,21H,18H2/b15-12-. The van der Waals surface area contributed by atoms with Crippen molar-refractivity contribution in [1.29, 1.82) is 5.26 Å². The van der Waals surface area contributed by atoms with Crippen molar-refractivity contribution in [1.82, 2.24) is 10.4 Å². The van der Waals surface area contributed by atoms with Gasteiger partial charge in [0.05, 0.1) is 10.2 Å². The van der Waals surface area contributed by atoms with Crippen molar-refractivity contribution in [3.05, 3.63) is 65.4 Å². The largest absolute Gasteiger partial charge is 0.340 e. The van der Waals surface area contributed by atoms with Crippen LogP contribution in [0, 0.1) is 11.3 Å². The van der Waals surface area contributed by atoms with Crippen LogP contribution in [0.5, 0.6) is 0 Å². The number of nitriles is 1. The summed E-state index contributed by atoms with van der Waals surface area (Å²) in [7, 11) is 0. The molecule has 1 aromatic heterocycles. The molecule has 1 heterocycles. The number of para-hydroxylation sites is 2. The first-order chi connectivity index (χ1) is 10.8. The van der Waals surface area contributed by atoms with Crippen molar-refractivity contribution in [3.63, 3.8) is 0 Å². The molecule has 5 nitrogen and oxygen atoms in total. The molecular formula is C16H13N5S. The number of allylic oxidation sites excluding steroid dienone is 1. The van der Waals surface area contributed by atoms with E-state index in [-0.39, 0.29) is 0 Å². The van der Waals surface area contributed by atoms with Gasteiger partial charge in [0.25, 0.3) is 0 Å². The van der Waals surface area contributed by atoms with E-state index in [2.05, 4.69) is 21.8 Å². The molecule has 0 unspecified atom stereocenters. The third-order valence-corrected chi connectivity index (χ3v) is 4.11. The summed E-state index contributed by atoms with van der Waals surface area (Å²) in [6, 6.07) is 19.5. The van der Waals surface area contributed by atoms with Gasteiger partial charge in [-0.3, -0.25) is 0 Å². The zero-order valence-corrected chi connectivity index (χ0v) is 12.4. The van der Waals surface area contributed by atoms with Gasteiger partial charge in [-0.1, -0.05) is 30.3 Å². The molecule has 0 bridgehead atoms. The average molecular weight is 307 g/mol. The first-order valence-electron chi connectivity index (χ1n) is 6.61. The van der Waals surface area contributed by atoms with Crippen LogP contribution in [0.3, 0.4) is 0 Å². The maximum Gasteiger partial charge on any atom is 0.139 e. The first-order valence-corrected chi connectivity index (χ1v) is 7.42. The maximum absolute atomic E-state index is 9.51. The van der Waals surface area contributed by atoms with E-state index in [9.17, 15) is 5.26 Å². The number of rotatable bonds is 4. The van der Waals surface area contributed by atoms with E-state index in [1.165, 1.54) is 11.3 Å². The Morgan fingerprint density at radius 3 is 2.50 bits per heavy atom. The van der Waals surface area contributed by atoms with Gasteiger partial charge in [-0.05, 0) is 24.3 Å². The lowest BCUT2D eigenvalue weighted by Crippen LogP contribution is -2.27. The second-order valence-electron chi connectivity index (χ2n) is 4.48. The molecule has 0 saturated heterocycles. The molecule has 0 fully saturated rings. The van der Waals surface area contributed by atoms with E-state index < -0.39 is 0 Å². The fourth-order valence-corrected chi connectivity index (χ4v) is 2.99. The van der Waals surface area contributed by atoms with E-state index in [0.717, 1.165) is 15.9 Å². The molecule has 0 radical (unpaired) electrons. The van der Waals surface area contributed by atoms with Gasteiger partial charge in [-0.25, -0.2) is 10.8 Å². The number of nitrogens with one attached hydrogen (secondary N) is 2. The maximum atomic E-state index is 9.51. The Hall–Kier alpha value is -2.88. The molecule has 22 heavy (non-hydrogen) atoms. The average Bonchev–Trinajstić information content (AvgIpc) is 2.99. The smallest absolute Gasteiger partial charge is 0.139 e. The molecule has 0 spiro atoms. The molecule has 0 aliphatic heterocycles. The molecule has 3 rings (SSSR count). The number of fused-ring (bicyclic) bond motifs is 1. The summed E-state index contributed by atoms with van der Waals surface area (Å²) in [4.78, 5) is 4.50. The summed E-state index contributed by atoms with van der Waals surface area (Å²) in [6.45, 7) is 0. The molecule has 0 amide bonds. The highest BCUT2D eigenvalue weighted by Gasteiger charge is 2.14. The van der Waals surface area contributed by atoms with Gasteiger partial charge < -0.3 is 10.7 Å². The van der Waals surface area contributed by atoms with Gasteiger partial charge in [0, 0.05) is 5.69 Å². The quantitative estimate of drug-likeness (QED) is 0.392. The highest BCUT2D eigenvalue weighted by atomic mass is 32.1. The van der Waals surface area contributed by atoms with Crippen LogP contribution in [-0.2, 0) is 0 Å². The molecule has 0 saturated carbocycles. The summed E-state index contributed by atoms with van der Waals surface area (Å²) >= 11 is 1.46. The zero-order chi connectivity index (χ0) is 15.4. The van der Waals surface area contributed by atoms with Gasteiger partial charge in [-0.2, -0.15) is 5.26 Å². The van der Waals surface area contributed by atoms with Gasteiger partial charge in [0.2, 0.25) is 0 Å². The minimum atomic E-state index is 0.382. The normalized spacial score (nSPS) is 11.6. The Kier molecular flexibility index (Phi) is 4.01. The summed E-state index contributed by atoms with van der Waals surface area (Å²) < 4.78 is 1.03. The van der Waals surface area contributed by atoms with Crippen LogP contribution < -0.4 is 16.6 Å². The third kappa shape index (κ3) is 2.76. The summed E-state index contributed by atoms with van der Waals surface area (Å²) in [6.07, 6.45) is 0. The summed E-state index contributed by atoms with van der Waals surface area (Å²) in [5.74, 6) is 6.01. The van der Waals surface area contributed by atoms with Crippen LogP contribution in [0.25, 0.3) is 15.8 Å². The Morgan fingerprint density at radius 1 is 1.09 bits per heavy atom. The minimum absolute atomic E-state index is 0.382. The van der Waals surface area contributed by atoms with Crippen molar-refractivity contribution in [2.75, 3.05) is 5.32 Å². The molecule has 2 aromatic carbocycles. The fraction of sp³-hybridized carbons (Fsp3) is 0. The number of thiazole rings is 1. The van der Waals surface area contributed by atoms with Crippen LogP contribution in [-0.4, -0.2) is 4.98 Å². The van der Waals surface area contributed by atoms with Crippen LogP contribution in [0.4, 0.5) is 5.69 Å². The van der Waals surface area contributed by atoms with Crippen molar-refractivity contribution in [3.8, 4) is 6.07 Å². The number of hydrogen-bond acceptors (Lipinski definition) is 6. The molecule has 108 valence electrons. The number of anilines is 1. The van der Waals surface area contributed by atoms with E-state index in [4.69, 9.17) is 5.84 Å². The zero-order valence-electron chi connectivity index (χ0n) is 11.6. The van der Waals surface area contributed by atoms with Gasteiger partial charge in [0.1, 0.15) is 22.5 Å². The van der Waals surface area contributed by atoms with E-state index >= 15 is 0 Å². The molecular weight excluding hydrogens is 294 g/mol. The number of hydrazine groups is 1. The first kappa shape index (κ1) is 14.1. The molecule has 0 aliphatic rings. The molecule has 3 aromatic rings. The van der Waals surface area contributed by atoms with Gasteiger partial charge in [-0.15, -0.1) is 11.3 Å². The number of aromatic nitrogens is 1. The van der Waals surface area contributed by atoms with Gasteiger partial charge in [0.15, 0.2) is 0 Å². The van der Waals surface area contributed by atoms with Gasteiger partial charge >= 0.3 is 0 Å². The monoisotopic (exact) mass is 307 g/mol. The van der Waals surface area contributed by atoms with Crippen LogP contribution in [0.15, 0.2) is 60.4 Å². The lowest BCUT2D eigenvalue weighted by molar-refractivity contribution is 0.896. The summed E-state index contributed by atoms with van der Waals surface area (Å²) in [5.41, 5.74) is 4.64. The van der Waals surface area contributed by atoms with E-state index in [1.54, 1.807) is 0 Å². The lowest BCUT2D eigenvalue weighted by Gasteiger charge is -2.11. The van der Waals surface area contributed by atoms with Crippen molar-refractivity contribution in [2.45, 2.75) is 0 Å². The molecule has 0 atom stereocenters. The third-order valence-electron chi connectivity index (χ3n) is 3.06. The molecule has 0 aliphatic carbocycles. The fourth-order valence-electron chi connectivity index (χ4n) is 2.03. The van der Waals surface area contributed by atoms with Crippen molar-refractivity contribution in [2.24, 2.45) is 5.84 Å². The number of hydrogen-bond donors (Lipinski definition) is 3. The Balaban J connectivity index is 2.04. The van der Waals surface area contributed by atoms with E-state index in [0.29, 0.717) is 16.4 Å². The van der Waals surface area contributed by atoms with E-state index in [1.807, 2.05) is 54.6 Å². The van der Waals surface area contributed by atoms with Crippen molar-refractivity contribution < 1.29 is 0 Å².